The van der Waals surface area contributed by atoms with Crippen molar-refractivity contribution in [1.82, 2.24) is 19.6 Å². The molecule has 0 radical (unpaired) electrons. The van der Waals surface area contributed by atoms with E-state index in [-0.39, 0.29) is 11.6 Å². The molecule has 0 N–H and O–H groups in total. The van der Waals surface area contributed by atoms with E-state index in [9.17, 15) is 14.9 Å². The van der Waals surface area contributed by atoms with Crippen molar-refractivity contribution in [1.29, 1.82) is 0 Å². The zero-order valence-electron chi connectivity index (χ0n) is 16.4. The Kier molecular flexibility index (Phi) is 5.93. The van der Waals surface area contributed by atoms with Crippen LogP contribution in [0.15, 0.2) is 30.5 Å². The molecule has 150 valence electrons. The molecular formula is C19H25N5O4. The van der Waals surface area contributed by atoms with Crippen LogP contribution >= 0.6 is 0 Å². The Bertz CT molecular complexity index is 858. The van der Waals surface area contributed by atoms with Crippen LogP contribution in [0.4, 0.5) is 5.69 Å². The maximum Gasteiger partial charge on any atom is 0.309 e. The van der Waals surface area contributed by atoms with Gasteiger partial charge in [0.1, 0.15) is 23.7 Å². The number of piperazine rings is 1. The quantitative estimate of drug-likeness (QED) is 0.556. The predicted molar refractivity (Wildman–Crippen MR) is 103 cm³/mol. The van der Waals surface area contributed by atoms with E-state index in [1.165, 1.54) is 16.4 Å². The van der Waals surface area contributed by atoms with Crippen molar-refractivity contribution in [2.24, 2.45) is 0 Å². The molecule has 0 saturated carbocycles. The SMILES string of the molecule is COc1cccc(CN2CCN(C(=O)C(C)n3cc([N+](=O)[O-])c(C)n3)CC2)c1. The van der Waals surface area contributed by atoms with Gasteiger partial charge in [0.25, 0.3) is 0 Å². The summed E-state index contributed by atoms with van der Waals surface area (Å²) >= 11 is 0. The van der Waals surface area contributed by atoms with Gasteiger partial charge in [-0.25, -0.2) is 0 Å². The first-order valence-electron chi connectivity index (χ1n) is 9.23. The van der Waals surface area contributed by atoms with E-state index in [0.29, 0.717) is 18.8 Å². The molecule has 0 bridgehead atoms. The van der Waals surface area contributed by atoms with Crippen LogP contribution in [-0.2, 0) is 11.3 Å². The summed E-state index contributed by atoms with van der Waals surface area (Å²) in [6.07, 6.45) is 1.33. The molecule has 9 heteroatoms. The summed E-state index contributed by atoms with van der Waals surface area (Å²) in [5.41, 5.74) is 1.42. The molecular weight excluding hydrogens is 362 g/mol. The first kappa shape index (κ1) is 19.8. The van der Waals surface area contributed by atoms with Crippen LogP contribution in [0.1, 0.15) is 24.2 Å². The molecule has 1 unspecified atom stereocenters. The summed E-state index contributed by atoms with van der Waals surface area (Å²) in [6.45, 7) is 6.89. The molecule has 1 saturated heterocycles. The highest BCUT2D eigenvalue weighted by Crippen LogP contribution is 2.20. The van der Waals surface area contributed by atoms with E-state index in [1.807, 2.05) is 18.2 Å². The van der Waals surface area contributed by atoms with Crippen molar-refractivity contribution < 1.29 is 14.5 Å². The van der Waals surface area contributed by atoms with Crippen molar-refractivity contribution in [3.63, 3.8) is 0 Å². The molecule has 1 atom stereocenters. The van der Waals surface area contributed by atoms with E-state index in [1.54, 1.807) is 25.9 Å². The fourth-order valence-corrected chi connectivity index (χ4v) is 3.38. The Hall–Kier alpha value is -2.94. The highest BCUT2D eigenvalue weighted by Gasteiger charge is 2.28. The molecule has 9 nitrogen and oxygen atoms in total. The number of methoxy groups -OCH3 is 1. The second-order valence-corrected chi connectivity index (χ2v) is 6.97. The van der Waals surface area contributed by atoms with Crippen LogP contribution in [0.3, 0.4) is 0 Å². The van der Waals surface area contributed by atoms with E-state index in [4.69, 9.17) is 4.74 Å². The van der Waals surface area contributed by atoms with Gasteiger partial charge >= 0.3 is 5.69 Å². The second kappa shape index (κ2) is 8.39. The Morgan fingerprint density at radius 3 is 2.64 bits per heavy atom. The minimum absolute atomic E-state index is 0.0669. The molecule has 3 rings (SSSR count). The van der Waals surface area contributed by atoms with Gasteiger partial charge in [-0.15, -0.1) is 0 Å². The minimum atomic E-state index is -0.572. The Morgan fingerprint density at radius 1 is 1.32 bits per heavy atom. The van der Waals surface area contributed by atoms with E-state index in [0.717, 1.165) is 25.4 Å². The highest BCUT2D eigenvalue weighted by molar-refractivity contribution is 5.80. The molecule has 2 heterocycles. The molecule has 1 aromatic heterocycles. The minimum Gasteiger partial charge on any atom is -0.497 e. The topological polar surface area (TPSA) is 93.7 Å². The van der Waals surface area contributed by atoms with Crippen LogP contribution in [0, 0.1) is 17.0 Å². The van der Waals surface area contributed by atoms with Crippen LogP contribution < -0.4 is 4.74 Å². The number of rotatable bonds is 6. The van der Waals surface area contributed by atoms with Gasteiger partial charge in [0.15, 0.2) is 0 Å². The van der Waals surface area contributed by atoms with Crippen LogP contribution in [-0.4, -0.2) is 63.7 Å². The number of ether oxygens (including phenoxy) is 1. The van der Waals surface area contributed by atoms with E-state index >= 15 is 0 Å². The number of amides is 1. The number of hydrogen-bond donors (Lipinski definition) is 0. The number of nitro groups is 1. The fraction of sp³-hybridized carbons (Fsp3) is 0.474. The first-order valence-corrected chi connectivity index (χ1v) is 9.23. The van der Waals surface area contributed by atoms with Crippen molar-refractivity contribution in [2.45, 2.75) is 26.4 Å². The van der Waals surface area contributed by atoms with Crippen molar-refractivity contribution in [2.75, 3.05) is 33.3 Å². The molecule has 1 amide bonds. The van der Waals surface area contributed by atoms with Gasteiger partial charge in [-0.3, -0.25) is 24.5 Å². The first-order chi connectivity index (χ1) is 13.4. The molecule has 1 aliphatic rings. The summed E-state index contributed by atoms with van der Waals surface area (Å²) in [7, 11) is 1.65. The Balaban J connectivity index is 1.57. The lowest BCUT2D eigenvalue weighted by Gasteiger charge is -2.36. The molecule has 2 aromatic rings. The molecule has 1 fully saturated rings. The number of aromatic nitrogens is 2. The molecule has 0 spiro atoms. The zero-order chi connectivity index (χ0) is 20.3. The molecule has 1 aromatic carbocycles. The van der Waals surface area contributed by atoms with Gasteiger partial charge in [-0.1, -0.05) is 12.1 Å². The highest BCUT2D eigenvalue weighted by atomic mass is 16.6. The largest absolute Gasteiger partial charge is 0.497 e. The fourth-order valence-electron chi connectivity index (χ4n) is 3.38. The zero-order valence-corrected chi connectivity index (χ0v) is 16.4. The predicted octanol–water partition coefficient (Wildman–Crippen LogP) is 2.01. The average molecular weight is 387 g/mol. The van der Waals surface area contributed by atoms with Gasteiger partial charge in [-0.05, 0) is 31.5 Å². The van der Waals surface area contributed by atoms with E-state index in [2.05, 4.69) is 16.1 Å². The number of carbonyl (C=O) groups is 1. The number of nitrogens with zero attached hydrogens (tertiary/aromatic N) is 5. The second-order valence-electron chi connectivity index (χ2n) is 6.97. The van der Waals surface area contributed by atoms with Gasteiger partial charge in [-0.2, -0.15) is 5.10 Å². The third-order valence-corrected chi connectivity index (χ3v) is 5.07. The number of benzene rings is 1. The van der Waals surface area contributed by atoms with Gasteiger partial charge in [0.05, 0.1) is 12.0 Å². The number of aryl methyl sites for hydroxylation is 1. The maximum atomic E-state index is 12.8. The lowest BCUT2D eigenvalue weighted by molar-refractivity contribution is -0.385. The van der Waals surface area contributed by atoms with Crippen molar-refractivity contribution >= 4 is 11.6 Å². The van der Waals surface area contributed by atoms with Crippen LogP contribution in [0.2, 0.25) is 0 Å². The third-order valence-electron chi connectivity index (χ3n) is 5.07. The molecule has 1 aliphatic heterocycles. The van der Waals surface area contributed by atoms with Gasteiger partial charge in [0.2, 0.25) is 5.91 Å². The Labute approximate surface area is 163 Å². The number of carbonyl (C=O) groups excluding carboxylic acids is 1. The van der Waals surface area contributed by atoms with Crippen LogP contribution in [0.25, 0.3) is 0 Å². The third kappa shape index (κ3) is 4.30. The summed E-state index contributed by atoms with van der Waals surface area (Å²) in [5, 5.41) is 15.1. The smallest absolute Gasteiger partial charge is 0.309 e. The monoisotopic (exact) mass is 387 g/mol. The van der Waals surface area contributed by atoms with Gasteiger partial charge < -0.3 is 9.64 Å². The lowest BCUT2D eigenvalue weighted by Crippen LogP contribution is -2.49. The average Bonchev–Trinajstić information content (AvgIpc) is 3.09. The van der Waals surface area contributed by atoms with Gasteiger partial charge in [0, 0.05) is 32.7 Å². The summed E-state index contributed by atoms with van der Waals surface area (Å²) in [6, 6.07) is 7.41. The molecule has 0 aliphatic carbocycles. The summed E-state index contributed by atoms with van der Waals surface area (Å²) in [5.74, 6) is 0.766. The maximum absolute atomic E-state index is 12.8. The summed E-state index contributed by atoms with van der Waals surface area (Å²) in [4.78, 5) is 27.4. The normalized spacial score (nSPS) is 16.0. The molecule has 28 heavy (non-hydrogen) atoms. The Morgan fingerprint density at radius 2 is 2.04 bits per heavy atom. The van der Waals surface area contributed by atoms with Crippen molar-refractivity contribution in [3.05, 3.63) is 51.8 Å². The number of hydrogen-bond acceptors (Lipinski definition) is 6. The van der Waals surface area contributed by atoms with E-state index < -0.39 is 11.0 Å². The summed E-state index contributed by atoms with van der Waals surface area (Å²) < 4.78 is 6.65. The lowest BCUT2D eigenvalue weighted by atomic mass is 10.1. The standard InChI is InChI=1S/C19H25N5O4/c1-14-18(24(26)27)13-23(20-14)15(2)19(25)22-9-7-21(8-10-22)12-16-5-4-6-17(11-16)28-3/h4-6,11,13,15H,7-10,12H2,1-3H3. The van der Waals surface area contributed by atoms with Crippen molar-refractivity contribution in [3.8, 4) is 5.75 Å². The van der Waals surface area contributed by atoms with Crippen LogP contribution in [0.5, 0.6) is 5.75 Å².